The number of para-hydroxylation sites is 1. The van der Waals surface area contributed by atoms with Crippen LogP contribution in [0.1, 0.15) is 24.8 Å². The van der Waals surface area contributed by atoms with Crippen molar-refractivity contribution in [1.82, 2.24) is 0 Å². The molecule has 0 bridgehead atoms. The van der Waals surface area contributed by atoms with E-state index < -0.39 is 17.5 Å². The normalized spacial score (nSPS) is 29.2. The van der Waals surface area contributed by atoms with Gasteiger partial charge in [0.1, 0.15) is 5.75 Å². The monoisotopic (exact) mass is 222 g/mol. The minimum atomic E-state index is -1.13. The van der Waals surface area contributed by atoms with Crippen molar-refractivity contribution in [3.63, 3.8) is 0 Å². The smallest absolute Gasteiger partial charge is 0.314 e. The van der Waals surface area contributed by atoms with Gasteiger partial charge in [-0.25, -0.2) is 0 Å². The van der Waals surface area contributed by atoms with Crippen molar-refractivity contribution in [1.29, 1.82) is 0 Å². The van der Waals surface area contributed by atoms with Gasteiger partial charge in [0.05, 0.1) is 11.5 Å². The number of aromatic hydroxyl groups is 1. The third-order valence-electron chi connectivity index (χ3n) is 3.32. The average molecular weight is 222 g/mol. The maximum atomic E-state index is 11.4. The Morgan fingerprint density at radius 1 is 1.38 bits per heavy atom. The van der Waals surface area contributed by atoms with Crippen LogP contribution in [0, 0.1) is 0 Å². The van der Waals surface area contributed by atoms with Crippen LogP contribution >= 0.6 is 0 Å². The number of carboxylic acids is 1. The highest BCUT2D eigenvalue weighted by Gasteiger charge is 2.47. The first kappa shape index (κ1) is 11.0. The number of hydrogen-bond donors (Lipinski definition) is 3. The zero-order valence-corrected chi connectivity index (χ0v) is 8.76. The molecule has 1 aliphatic carbocycles. The number of aliphatic carboxylic acids is 1. The molecule has 1 aliphatic rings. The number of carboxylic acid groups (broad SMARTS) is 1. The molecule has 0 saturated heterocycles. The van der Waals surface area contributed by atoms with Crippen molar-refractivity contribution in [2.75, 3.05) is 0 Å². The molecule has 4 nitrogen and oxygen atoms in total. The SMILES string of the molecule is O=C(O)C1(c2ccccc2O)CCC(O)C1. The Morgan fingerprint density at radius 3 is 2.56 bits per heavy atom. The summed E-state index contributed by atoms with van der Waals surface area (Å²) >= 11 is 0. The number of benzene rings is 1. The van der Waals surface area contributed by atoms with Crippen LogP contribution in [0.4, 0.5) is 0 Å². The standard InChI is InChI=1S/C12H14O4/c13-8-5-6-12(7-8,11(15)16)9-3-1-2-4-10(9)14/h1-4,8,13-14H,5-7H2,(H,15,16). The van der Waals surface area contributed by atoms with Gasteiger partial charge in [-0.3, -0.25) is 4.79 Å². The van der Waals surface area contributed by atoms with Gasteiger partial charge >= 0.3 is 5.97 Å². The molecule has 0 radical (unpaired) electrons. The number of aliphatic hydroxyl groups is 1. The molecule has 0 spiro atoms. The summed E-state index contributed by atoms with van der Waals surface area (Å²) in [7, 11) is 0. The molecule has 1 saturated carbocycles. The quantitative estimate of drug-likeness (QED) is 0.704. The molecular formula is C12H14O4. The van der Waals surface area contributed by atoms with Gasteiger partial charge in [0.2, 0.25) is 0 Å². The first-order valence-corrected chi connectivity index (χ1v) is 5.26. The Morgan fingerprint density at radius 2 is 2.06 bits per heavy atom. The van der Waals surface area contributed by atoms with Gasteiger partial charge in [-0.05, 0) is 25.3 Å². The molecule has 86 valence electrons. The molecule has 1 aromatic rings. The molecule has 2 rings (SSSR count). The summed E-state index contributed by atoms with van der Waals surface area (Å²) in [6.07, 6.45) is 0.387. The summed E-state index contributed by atoms with van der Waals surface area (Å²) in [4.78, 5) is 11.4. The van der Waals surface area contributed by atoms with Gasteiger partial charge in [0.25, 0.3) is 0 Å². The highest BCUT2D eigenvalue weighted by Crippen LogP contribution is 2.44. The molecule has 1 fully saturated rings. The third-order valence-corrected chi connectivity index (χ3v) is 3.32. The van der Waals surface area contributed by atoms with Crippen LogP contribution in [0.2, 0.25) is 0 Å². The maximum absolute atomic E-state index is 11.4. The van der Waals surface area contributed by atoms with Gasteiger partial charge in [-0.1, -0.05) is 18.2 Å². The molecular weight excluding hydrogens is 208 g/mol. The summed E-state index contributed by atoms with van der Waals surface area (Å²) in [6.45, 7) is 0. The number of carbonyl (C=O) groups is 1. The molecule has 0 aromatic heterocycles. The summed E-state index contributed by atoms with van der Waals surface area (Å²) in [6, 6.07) is 6.44. The lowest BCUT2D eigenvalue weighted by atomic mass is 9.78. The van der Waals surface area contributed by atoms with E-state index in [1.165, 1.54) is 6.07 Å². The average Bonchev–Trinajstić information content (AvgIpc) is 2.62. The molecule has 2 unspecified atom stereocenters. The van der Waals surface area contributed by atoms with Crippen LogP contribution < -0.4 is 0 Å². The van der Waals surface area contributed by atoms with E-state index in [-0.39, 0.29) is 12.2 Å². The second-order valence-corrected chi connectivity index (χ2v) is 4.30. The van der Waals surface area contributed by atoms with Crippen molar-refractivity contribution in [2.45, 2.75) is 30.8 Å². The highest BCUT2D eigenvalue weighted by atomic mass is 16.4. The Kier molecular flexibility index (Phi) is 2.59. The zero-order valence-electron chi connectivity index (χ0n) is 8.76. The molecule has 0 heterocycles. The molecule has 0 aliphatic heterocycles. The Hall–Kier alpha value is -1.55. The second kappa shape index (κ2) is 3.79. The van der Waals surface area contributed by atoms with E-state index in [0.29, 0.717) is 18.4 Å². The van der Waals surface area contributed by atoms with Crippen LogP contribution in [0.3, 0.4) is 0 Å². The minimum Gasteiger partial charge on any atom is -0.508 e. The topological polar surface area (TPSA) is 77.8 Å². The summed E-state index contributed by atoms with van der Waals surface area (Å²) in [5.41, 5.74) is -0.732. The second-order valence-electron chi connectivity index (χ2n) is 4.30. The largest absolute Gasteiger partial charge is 0.508 e. The van der Waals surface area contributed by atoms with Crippen LogP contribution in [0.5, 0.6) is 5.75 Å². The Balaban J connectivity index is 2.49. The van der Waals surface area contributed by atoms with E-state index in [4.69, 9.17) is 0 Å². The van der Waals surface area contributed by atoms with Crippen molar-refractivity contribution >= 4 is 5.97 Å². The lowest BCUT2D eigenvalue weighted by Gasteiger charge is -2.25. The molecule has 2 atom stereocenters. The van der Waals surface area contributed by atoms with Gasteiger partial charge in [-0.15, -0.1) is 0 Å². The Labute approximate surface area is 93.2 Å². The molecule has 16 heavy (non-hydrogen) atoms. The van der Waals surface area contributed by atoms with Crippen LogP contribution in [-0.4, -0.2) is 27.4 Å². The van der Waals surface area contributed by atoms with Crippen LogP contribution in [0.25, 0.3) is 0 Å². The highest BCUT2D eigenvalue weighted by molar-refractivity contribution is 5.83. The van der Waals surface area contributed by atoms with Gasteiger partial charge in [0.15, 0.2) is 0 Å². The molecule has 1 aromatic carbocycles. The summed E-state index contributed by atoms with van der Waals surface area (Å²) in [5, 5.41) is 28.6. The molecule has 0 amide bonds. The van der Waals surface area contributed by atoms with Crippen molar-refractivity contribution in [3.8, 4) is 5.75 Å². The third kappa shape index (κ3) is 1.55. The molecule has 3 N–H and O–H groups in total. The molecule has 4 heteroatoms. The fourth-order valence-electron chi connectivity index (χ4n) is 2.45. The number of aliphatic hydroxyl groups excluding tert-OH is 1. The van der Waals surface area contributed by atoms with E-state index in [9.17, 15) is 20.1 Å². The lowest BCUT2D eigenvalue weighted by Crippen LogP contribution is -2.33. The van der Waals surface area contributed by atoms with E-state index in [0.717, 1.165) is 0 Å². The van der Waals surface area contributed by atoms with Gasteiger partial charge in [-0.2, -0.15) is 0 Å². The fourth-order valence-corrected chi connectivity index (χ4v) is 2.45. The predicted molar refractivity (Wildman–Crippen MR) is 57.3 cm³/mol. The van der Waals surface area contributed by atoms with E-state index in [2.05, 4.69) is 0 Å². The lowest BCUT2D eigenvalue weighted by molar-refractivity contribution is -0.144. The van der Waals surface area contributed by atoms with Crippen molar-refractivity contribution < 1.29 is 20.1 Å². The Bertz CT molecular complexity index is 415. The summed E-state index contributed by atoms with van der Waals surface area (Å²) in [5.74, 6) is -0.996. The summed E-state index contributed by atoms with van der Waals surface area (Å²) < 4.78 is 0. The minimum absolute atomic E-state index is 0.0148. The van der Waals surface area contributed by atoms with Gasteiger partial charge < -0.3 is 15.3 Å². The first-order valence-electron chi connectivity index (χ1n) is 5.26. The number of phenolic OH excluding ortho intramolecular Hbond substituents is 1. The van der Waals surface area contributed by atoms with Crippen molar-refractivity contribution in [3.05, 3.63) is 29.8 Å². The zero-order chi connectivity index (χ0) is 11.8. The van der Waals surface area contributed by atoms with Gasteiger partial charge in [0, 0.05) is 5.56 Å². The first-order chi connectivity index (χ1) is 7.56. The van der Waals surface area contributed by atoms with Crippen LogP contribution in [0.15, 0.2) is 24.3 Å². The van der Waals surface area contributed by atoms with E-state index in [1.807, 2.05) is 0 Å². The maximum Gasteiger partial charge on any atom is 0.314 e. The fraction of sp³-hybridized carbons (Fsp3) is 0.417. The van der Waals surface area contributed by atoms with Crippen molar-refractivity contribution in [2.24, 2.45) is 0 Å². The number of hydrogen-bond acceptors (Lipinski definition) is 3. The number of phenols is 1. The van der Waals surface area contributed by atoms with E-state index in [1.54, 1.807) is 18.2 Å². The number of rotatable bonds is 2. The van der Waals surface area contributed by atoms with E-state index >= 15 is 0 Å². The van der Waals surface area contributed by atoms with Crippen LogP contribution in [-0.2, 0) is 10.2 Å². The predicted octanol–water partition coefficient (Wildman–Crippen LogP) is 1.26.